The van der Waals surface area contributed by atoms with E-state index in [1.54, 1.807) is 52.9 Å². The molecular formula is C14H9BrClN3OS. The summed E-state index contributed by atoms with van der Waals surface area (Å²) in [4.78, 5) is 16.3. The number of hydrogen-bond acceptors (Lipinski definition) is 3. The number of thiophene rings is 1. The number of imidazole rings is 1. The molecule has 2 aromatic heterocycles. The number of carbonyl (C=O) groups excluding carboxylic acids is 1. The van der Waals surface area contributed by atoms with Gasteiger partial charge in [-0.3, -0.25) is 4.79 Å². The van der Waals surface area contributed by atoms with E-state index in [1.165, 1.54) is 11.3 Å². The molecule has 0 unspecified atom stereocenters. The molecule has 1 aromatic carbocycles. The molecule has 3 aromatic rings. The summed E-state index contributed by atoms with van der Waals surface area (Å²) in [6.07, 6.45) is 5.07. The van der Waals surface area contributed by atoms with E-state index in [2.05, 4.69) is 26.2 Å². The van der Waals surface area contributed by atoms with Gasteiger partial charge in [0, 0.05) is 17.8 Å². The lowest BCUT2D eigenvalue weighted by Crippen LogP contribution is -2.13. The lowest BCUT2D eigenvalue weighted by atomic mass is 10.2. The van der Waals surface area contributed by atoms with Gasteiger partial charge in [0.2, 0.25) is 0 Å². The molecule has 0 spiro atoms. The Balaban J connectivity index is 1.96. The Labute approximate surface area is 138 Å². The van der Waals surface area contributed by atoms with E-state index in [0.717, 1.165) is 3.79 Å². The van der Waals surface area contributed by atoms with Gasteiger partial charge in [-0.2, -0.15) is 0 Å². The van der Waals surface area contributed by atoms with Gasteiger partial charge in [0.05, 0.1) is 32.1 Å². The molecule has 0 aliphatic carbocycles. The van der Waals surface area contributed by atoms with E-state index < -0.39 is 0 Å². The standard InChI is InChI=1S/C14H9BrClN3OS/c15-12-6-9(7-21-12)14(20)18-11-3-1-2-10(16)13(11)19-5-4-17-8-19/h1-8H,(H,18,20). The third-order valence-electron chi connectivity index (χ3n) is 2.83. The van der Waals surface area contributed by atoms with Gasteiger partial charge >= 0.3 is 0 Å². The fraction of sp³-hybridized carbons (Fsp3) is 0. The fourth-order valence-corrected chi connectivity index (χ4v) is 3.30. The smallest absolute Gasteiger partial charge is 0.256 e. The largest absolute Gasteiger partial charge is 0.320 e. The molecule has 4 nitrogen and oxygen atoms in total. The number of carbonyl (C=O) groups is 1. The first kappa shape index (κ1) is 14.3. The predicted molar refractivity (Wildman–Crippen MR) is 88.5 cm³/mol. The van der Waals surface area contributed by atoms with Crippen LogP contribution in [0, 0.1) is 0 Å². The van der Waals surface area contributed by atoms with Crippen LogP contribution in [0.2, 0.25) is 5.02 Å². The Hall–Kier alpha value is -1.63. The second-order valence-electron chi connectivity index (χ2n) is 4.20. The van der Waals surface area contributed by atoms with Crippen LogP contribution in [0.25, 0.3) is 5.69 Å². The van der Waals surface area contributed by atoms with Crippen LogP contribution in [0.1, 0.15) is 10.4 Å². The lowest BCUT2D eigenvalue weighted by Gasteiger charge is -2.12. The third kappa shape index (κ3) is 3.02. The molecule has 0 fully saturated rings. The van der Waals surface area contributed by atoms with Gasteiger partial charge in [-0.05, 0) is 34.1 Å². The number of amides is 1. The number of anilines is 1. The minimum absolute atomic E-state index is 0.180. The number of halogens is 2. The Bertz CT molecular complexity index is 785. The molecule has 0 aliphatic rings. The zero-order chi connectivity index (χ0) is 14.8. The van der Waals surface area contributed by atoms with E-state index in [-0.39, 0.29) is 5.91 Å². The molecule has 0 saturated carbocycles. The minimum Gasteiger partial charge on any atom is -0.320 e. The molecule has 1 amide bonds. The van der Waals surface area contributed by atoms with Crippen molar-refractivity contribution in [1.82, 2.24) is 9.55 Å². The molecule has 0 aliphatic heterocycles. The summed E-state index contributed by atoms with van der Waals surface area (Å²) in [6, 6.07) is 7.15. The maximum Gasteiger partial charge on any atom is 0.256 e. The number of nitrogens with one attached hydrogen (secondary N) is 1. The van der Waals surface area contributed by atoms with Crippen LogP contribution < -0.4 is 5.32 Å². The van der Waals surface area contributed by atoms with Crippen LogP contribution in [-0.4, -0.2) is 15.5 Å². The van der Waals surface area contributed by atoms with Crippen molar-refractivity contribution >= 4 is 50.5 Å². The molecule has 3 rings (SSSR count). The molecular weight excluding hydrogens is 374 g/mol. The highest BCUT2D eigenvalue weighted by Gasteiger charge is 2.13. The second kappa shape index (κ2) is 6.01. The Morgan fingerprint density at radius 1 is 1.43 bits per heavy atom. The Morgan fingerprint density at radius 2 is 2.29 bits per heavy atom. The predicted octanol–water partition coefficient (Wildman–Crippen LogP) is 4.60. The highest BCUT2D eigenvalue weighted by Crippen LogP contribution is 2.29. The van der Waals surface area contributed by atoms with E-state index in [0.29, 0.717) is 22.0 Å². The van der Waals surface area contributed by atoms with Crippen molar-refractivity contribution < 1.29 is 4.79 Å². The summed E-state index contributed by atoms with van der Waals surface area (Å²) in [5, 5.41) is 5.21. The minimum atomic E-state index is -0.180. The van der Waals surface area contributed by atoms with E-state index >= 15 is 0 Å². The van der Waals surface area contributed by atoms with Crippen LogP contribution in [0.15, 0.2) is 52.2 Å². The molecule has 2 heterocycles. The molecule has 0 atom stereocenters. The van der Waals surface area contributed by atoms with Gasteiger partial charge in [0.15, 0.2) is 0 Å². The first-order valence-corrected chi connectivity index (χ1v) is 8.02. The van der Waals surface area contributed by atoms with Crippen molar-refractivity contribution in [3.05, 3.63) is 62.7 Å². The van der Waals surface area contributed by atoms with Crippen LogP contribution >= 0.6 is 38.9 Å². The highest BCUT2D eigenvalue weighted by atomic mass is 79.9. The summed E-state index contributed by atoms with van der Waals surface area (Å²) in [5.41, 5.74) is 1.93. The van der Waals surface area contributed by atoms with Crippen molar-refractivity contribution in [2.24, 2.45) is 0 Å². The molecule has 21 heavy (non-hydrogen) atoms. The quantitative estimate of drug-likeness (QED) is 0.719. The topological polar surface area (TPSA) is 46.9 Å². The summed E-state index contributed by atoms with van der Waals surface area (Å²) in [5.74, 6) is -0.180. The maximum atomic E-state index is 12.3. The maximum absolute atomic E-state index is 12.3. The summed E-state index contributed by atoms with van der Waals surface area (Å²) < 4.78 is 2.68. The fourth-order valence-electron chi connectivity index (χ4n) is 1.89. The molecule has 0 radical (unpaired) electrons. The second-order valence-corrected chi connectivity index (χ2v) is 6.90. The van der Waals surface area contributed by atoms with Crippen LogP contribution in [0.5, 0.6) is 0 Å². The zero-order valence-corrected chi connectivity index (χ0v) is 13.7. The molecule has 0 saturated heterocycles. The summed E-state index contributed by atoms with van der Waals surface area (Å²) in [6.45, 7) is 0. The average molecular weight is 383 g/mol. The zero-order valence-electron chi connectivity index (χ0n) is 10.6. The van der Waals surface area contributed by atoms with E-state index in [1.807, 2.05) is 0 Å². The monoisotopic (exact) mass is 381 g/mol. The molecule has 0 bridgehead atoms. The van der Waals surface area contributed by atoms with Gasteiger partial charge < -0.3 is 9.88 Å². The summed E-state index contributed by atoms with van der Waals surface area (Å²) >= 11 is 11.1. The molecule has 1 N–H and O–H groups in total. The number of hydrogen-bond donors (Lipinski definition) is 1. The Morgan fingerprint density at radius 3 is 2.95 bits per heavy atom. The van der Waals surface area contributed by atoms with Crippen LogP contribution in [0.4, 0.5) is 5.69 Å². The normalized spacial score (nSPS) is 10.6. The highest BCUT2D eigenvalue weighted by molar-refractivity contribution is 9.11. The summed E-state index contributed by atoms with van der Waals surface area (Å²) in [7, 11) is 0. The average Bonchev–Trinajstić information content (AvgIpc) is 3.10. The number of para-hydroxylation sites is 1. The SMILES string of the molecule is O=C(Nc1cccc(Cl)c1-n1ccnc1)c1csc(Br)c1. The number of nitrogens with zero attached hydrogens (tertiary/aromatic N) is 2. The third-order valence-corrected chi connectivity index (χ3v) is 4.64. The van der Waals surface area contributed by atoms with E-state index in [4.69, 9.17) is 11.6 Å². The Kier molecular flexibility index (Phi) is 4.10. The molecule has 7 heteroatoms. The van der Waals surface area contributed by atoms with Crippen molar-refractivity contribution in [2.75, 3.05) is 5.32 Å². The van der Waals surface area contributed by atoms with Crippen LogP contribution in [0.3, 0.4) is 0 Å². The van der Waals surface area contributed by atoms with Gasteiger partial charge in [-0.15, -0.1) is 11.3 Å². The van der Waals surface area contributed by atoms with Crippen molar-refractivity contribution in [3.8, 4) is 5.69 Å². The number of rotatable bonds is 3. The van der Waals surface area contributed by atoms with Gasteiger partial charge in [-0.25, -0.2) is 4.98 Å². The van der Waals surface area contributed by atoms with Crippen molar-refractivity contribution in [3.63, 3.8) is 0 Å². The van der Waals surface area contributed by atoms with Crippen molar-refractivity contribution in [2.45, 2.75) is 0 Å². The van der Waals surface area contributed by atoms with Crippen LogP contribution in [-0.2, 0) is 0 Å². The first-order valence-electron chi connectivity index (χ1n) is 5.97. The lowest BCUT2D eigenvalue weighted by molar-refractivity contribution is 0.102. The number of benzene rings is 1. The molecule has 106 valence electrons. The number of aromatic nitrogens is 2. The van der Waals surface area contributed by atoms with E-state index in [9.17, 15) is 4.79 Å². The van der Waals surface area contributed by atoms with Gasteiger partial charge in [-0.1, -0.05) is 17.7 Å². The first-order chi connectivity index (χ1) is 10.1. The van der Waals surface area contributed by atoms with Gasteiger partial charge in [0.25, 0.3) is 5.91 Å². The van der Waals surface area contributed by atoms with Crippen molar-refractivity contribution in [1.29, 1.82) is 0 Å². The van der Waals surface area contributed by atoms with Gasteiger partial charge in [0.1, 0.15) is 0 Å².